The van der Waals surface area contributed by atoms with Crippen molar-refractivity contribution in [2.75, 3.05) is 12.8 Å². The van der Waals surface area contributed by atoms with Crippen LogP contribution in [0.4, 0.5) is 5.95 Å². The van der Waals surface area contributed by atoms with E-state index < -0.39 is 0 Å². The van der Waals surface area contributed by atoms with E-state index in [2.05, 4.69) is 42.8 Å². The summed E-state index contributed by atoms with van der Waals surface area (Å²) in [6.07, 6.45) is 6.65. The van der Waals surface area contributed by atoms with Crippen LogP contribution in [0.2, 0.25) is 0 Å². The Labute approximate surface area is 150 Å². The average Bonchev–Trinajstić information content (AvgIpc) is 3.32. The SMILES string of the molecule is COC(CCc1nc(N)nc(-n2cccn2)n1)n1ccc2ccccc21. The number of benzene rings is 1. The molecule has 0 fully saturated rings. The third-order valence-corrected chi connectivity index (χ3v) is 4.22. The first-order valence-electron chi connectivity index (χ1n) is 8.33. The number of aryl methyl sites for hydroxylation is 1. The number of rotatable bonds is 6. The summed E-state index contributed by atoms with van der Waals surface area (Å²) in [6.45, 7) is 0. The number of methoxy groups -OCH3 is 1. The first kappa shape index (κ1) is 16.2. The van der Waals surface area contributed by atoms with Crippen molar-refractivity contribution in [3.63, 3.8) is 0 Å². The Hall–Kier alpha value is -3.26. The van der Waals surface area contributed by atoms with E-state index >= 15 is 0 Å². The lowest BCUT2D eigenvalue weighted by Gasteiger charge is -2.18. The van der Waals surface area contributed by atoms with Gasteiger partial charge in [-0.25, -0.2) is 4.68 Å². The van der Waals surface area contributed by atoms with Crippen LogP contribution in [0, 0.1) is 0 Å². The first-order valence-corrected chi connectivity index (χ1v) is 8.33. The maximum atomic E-state index is 5.83. The van der Waals surface area contributed by atoms with Crippen molar-refractivity contribution >= 4 is 16.9 Å². The number of nitrogens with zero attached hydrogens (tertiary/aromatic N) is 6. The van der Waals surface area contributed by atoms with Crippen molar-refractivity contribution in [2.24, 2.45) is 0 Å². The molecule has 0 aliphatic carbocycles. The Morgan fingerprint density at radius 2 is 1.96 bits per heavy atom. The van der Waals surface area contributed by atoms with Crippen LogP contribution in [0.25, 0.3) is 16.9 Å². The van der Waals surface area contributed by atoms with Gasteiger partial charge in [-0.05, 0) is 30.0 Å². The second kappa shape index (κ2) is 6.93. The third-order valence-electron chi connectivity index (χ3n) is 4.22. The van der Waals surface area contributed by atoms with Gasteiger partial charge < -0.3 is 15.0 Å². The molecule has 8 heteroatoms. The van der Waals surface area contributed by atoms with Crippen LogP contribution in [0.3, 0.4) is 0 Å². The van der Waals surface area contributed by atoms with Gasteiger partial charge in [0.05, 0.1) is 5.52 Å². The van der Waals surface area contributed by atoms with E-state index in [4.69, 9.17) is 10.5 Å². The lowest BCUT2D eigenvalue weighted by atomic mass is 10.2. The number of hydrogen-bond donors (Lipinski definition) is 1. The predicted molar refractivity (Wildman–Crippen MR) is 97.7 cm³/mol. The normalized spacial score (nSPS) is 12.5. The highest BCUT2D eigenvalue weighted by Crippen LogP contribution is 2.23. The fraction of sp³-hybridized carbons (Fsp3) is 0.222. The van der Waals surface area contributed by atoms with Crippen LogP contribution in [-0.4, -0.2) is 36.4 Å². The molecule has 4 rings (SSSR count). The van der Waals surface area contributed by atoms with E-state index in [-0.39, 0.29) is 12.2 Å². The van der Waals surface area contributed by atoms with Gasteiger partial charge in [0.15, 0.2) is 0 Å². The molecule has 4 aromatic rings. The molecule has 132 valence electrons. The molecular weight excluding hydrogens is 330 g/mol. The maximum Gasteiger partial charge on any atom is 0.255 e. The molecule has 3 aromatic heterocycles. The van der Waals surface area contributed by atoms with Crippen molar-refractivity contribution in [1.82, 2.24) is 29.3 Å². The summed E-state index contributed by atoms with van der Waals surface area (Å²) < 4.78 is 9.38. The molecule has 0 saturated carbocycles. The number of ether oxygens (including phenoxy) is 1. The number of nitrogen functional groups attached to an aromatic ring is 1. The Kier molecular flexibility index (Phi) is 4.32. The molecule has 0 aliphatic rings. The molecule has 1 atom stereocenters. The summed E-state index contributed by atoms with van der Waals surface area (Å²) in [4.78, 5) is 12.8. The fourth-order valence-electron chi connectivity index (χ4n) is 3.01. The van der Waals surface area contributed by atoms with Crippen LogP contribution in [0.15, 0.2) is 55.0 Å². The average molecular weight is 349 g/mol. The van der Waals surface area contributed by atoms with E-state index in [1.807, 2.05) is 18.3 Å². The number of fused-ring (bicyclic) bond motifs is 1. The summed E-state index contributed by atoms with van der Waals surface area (Å²) >= 11 is 0. The zero-order valence-corrected chi connectivity index (χ0v) is 14.4. The Morgan fingerprint density at radius 3 is 2.77 bits per heavy atom. The van der Waals surface area contributed by atoms with Crippen LogP contribution in [0.1, 0.15) is 18.5 Å². The quantitative estimate of drug-likeness (QED) is 0.574. The second-order valence-electron chi connectivity index (χ2n) is 5.87. The zero-order valence-electron chi connectivity index (χ0n) is 14.4. The molecule has 0 amide bonds. The van der Waals surface area contributed by atoms with Crippen molar-refractivity contribution in [1.29, 1.82) is 0 Å². The van der Waals surface area contributed by atoms with Gasteiger partial charge in [0.1, 0.15) is 12.1 Å². The van der Waals surface area contributed by atoms with Crippen molar-refractivity contribution in [3.05, 3.63) is 60.8 Å². The highest BCUT2D eigenvalue weighted by molar-refractivity contribution is 5.80. The summed E-state index contributed by atoms with van der Waals surface area (Å²) in [6, 6.07) is 12.1. The summed E-state index contributed by atoms with van der Waals surface area (Å²) in [5.74, 6) is 1.21. The number of aromatic nitrogens is 6. The van der Waals surface area contributed by atoms with Gasteiger partial charge in [-0.15, -0.1) is 0 Å². The highest BCUT2D eigenvalue weighted by Gasteiger charge is 2.14. The Morgan fingerprint density at radius 1 is 1.08 bits per heavy atom. The molecule has 0 spiro atoms. The van der Waals surface area contributed by atoms with Crippen molar-refractivity contribution in [2.45, 2.75) is 19.1 Å². The molecule has 26 heavy (non-hydrogen) atoms. The van der Waals surface area contributed by atoms with Gasteiger partial charge in [-0.2, -0.15) is 20.1 Å². The van der Waals surface area contributed by atoms with E-state index in [0.29, 0.717) is 24.6 Å². The van der Waals surface area contributed by atoms with Gasteiger partial charge in [0, 0.05) is 32.1 Å². The van der Waals surface area contributed by atoms with Crippen LogP contribution in [0.5, 0.6) is 0 Å². The molecule has 0 aliphatic heterocycles. The van der Waals surface area contributed by atoms with Crippen molar-refractivity contribution in [3.8, 4) is 5.95 Å². The standard InChI is InChI=1S/C18H19N7O/c1-26-16(24-12-9-13-5-2-3-6-14(13)24)8-7-15-21-17(19)23-18(22-15)25-11-4-10-20-25/h2-6,9-12,16H,7-8H2,1H3,(H2,19,21,22,23). The van der Waals surface area contributed by atoms with Crippen LogP contribution < -0.4 is 5.73 Å². The molecule has 0 radical (unpaired) electrons. The zero-order chi connectivity index (χ0) is 17.9. The fourth-order valence-corrected chi connectivity index (χ4v) is 3.01. The van der Waals surface area contributed by atoms with Crippen LogP contribution >= 0.6 is 0 Å². The third kappa shape index (κ3) is 3.14. The molecule has 3 heterocycles. The van der Waals surface area contributed by atoms with E-state index in [0.717, 1.165) is 5.52 Å². The van der Waals surface area contributed by atoms with Gasteiger partial charge in [-0.3, -0.25) is 0 Å². The Bertz CT molecular complexity index is 1010. The molecule has 1 aromatic carbocycles. The van der Waals surface area contributed by atoms with E-state index in [1.165, 1.54) is 5.39 Å². The van der Waals surface area contributed by atoms with Crippen molar-refractivity contribution < 1.29 is 4.74 Å². The molecule has 0 bridgehead atoms. The molecule has 8 nitrogen and oxygen atoms in total. The minimum absolute atomic E-state index is 0.124. The van der Waals surface area contributed by atoms with Gasteiger partial charge >= 0.3 is 0 Å². The summed E-state index contributed by atoms with van der Waals surface area (Å²) in [5, 5.41) is 5.31. The largest absolute Gasteiger partial charge is 0.368 e. The number of hydrogen-bond acceptors (Lipinski definition) is 6. The number of para-hydroxylation sites is 1. The van der Waals surface area contributed by atoms with Gasteiger partial charge in [0.25, 0.3) is 5.95 Å². The second-order valence-corrected chi connectivity index (χ2v) is 5.87. The highest BCUT2D eigenvalue weighted by atomic mass is 16.5. The molecular formula is C18H19N7O. The van der Waals surface area contributed by atoms with Gasteiger partial charge in [-0.1, -0.05) is 18.2 Å². The number of anilines is 1. The minimum Gasteiger partial charge on any atom is -0.368 e. The number of nitrogens with two attached hydrogens (primary N) is 1. The molecule has 0 saturated heterocycles. The van der Waals surface area contributed by atoms with Gasteiger partial charge in [0.2, 0.25) is 5.95 Å². The summed E-state index contributed by atoms with van der Waals surface area (Å²) in [5.41, 5.74) is 6.96. The summed E-state index contributed by atoms with van der Waals surface area (Å²) in [7, 11) is 1.70. The monoisotopic (exact) mass is 349 g/mol. The smallest absolute Gasteiger partial charge is 0.255 e. The molecule has 1 unspecified atom stereocenters. The minimum atomic E-state index is -0.124. The topological polar surface area (TPSA) is 96.7 Å². The first-order chi connectivity index (χ1) is 12.7. The lowest BCUT2D eigenvalue weighted by molar-refractivity contribution is 0.0404. The van der Waals surface area contributed by atoms with Crippen LogP contribution in [-0.2, 0) is 11.2 Å². The maximum absolute atomic E-state index is 5.83. The predicted octanol–water partition coefficient (Wildman–Crippen LogP) is 2.37. The lowest BCUT2D eigenvalue weighted by Crippen LogP contribution is -2.14. The Balaban J connectivity index is 1.56. The van der Waals surface area contributed by atoms with E-state index in [9.17, 15) is 0 Å². The van der Waals surface area contributed by atoms with E-state index in [1.54, 1.807) is 30.3 Å². The molecule has 2 N–H and O–H groups in total.